The van der Waals surface area contributed by atoms with E-state index in [0.29, 0.717) is 5.88 Å². The Morgan fingerprint density at radius 3 is 2.75 bits per heavy atom. The first kappa shape index (κ1) is 16.9. The third kappa shape index (κ3) is 2.75. The van der Waals surface area contributed by atoms with Gasteiger partial charge in [0.15, 0.2) is 5.65 Å². The highest BCUT2D eigenvalue weighted by atomic mass is 16.5. The number of imidazole rings is 1. The van der Waals surface area contributed by atoms with Crippen LogP contribution in [0.2, 0.25) is 0 Å². The van der Waals surface area contributed by atoms with Crippen LogP contribution in [0.4, 0.5) is 5.82 Å². The Bertz CT molecular complexity index is 1150. The van der Waals surface area contributed by atoms with Gasteiger partial charge in [0.1, 0.15) is 5.82 Å². The molecule has 0 amide bonds. The summed E-state index contributed by atoms with van der Waals surface area (Å²) in [5.74, 6) is 1.53. The average Bonchev–Trinajstić information content (AvgIpc) is 3.17. The zero-order valence-corrected chi connectivity index (χ0v) is 15.6. The van der Waals surface area contributed by atoms with Crippen LogP contribution >= 0.6 is 0 Å². The number of methoxy groups -OCH3 is 1. The number of piperidine rings is 1. The number of rotatable bonds is 3. The van der Waals surface area contributed by atoms with Gasteiger partial charge < -0.3 is 14.7 Å². The van der Waals surface area contributed by atoms with Crippen molar-refractivity contribution in [2.24, 2.45) is 0 Å². The van der Waals surface area contributed by atoms with Gasteiger partial charge in [-0.25, -0.2) is 9.97 Å². The number of aromatic nitrogens is 4. The van der Waals surface area contributed by atoms with Crippen LogP contribution in [0.3, 0.4) is 0 Å². The Balaban J connectivity index is 1.71. The van der Waals surface area contributed by atoms with Crippen LogP contribution in [0.5, 0.6) is 5.88 Å². The number of aliphatic hydroxyl groups excluding tert-OH is 1. The molecule has 28 heavy (non-hydrogen) atoms. The molecule has 1 aliphatic heterocycles. The van der Waals surface area contributed by atoms with E-state index in [1.807, 2.05) is 36.7 Å². The van der Waals surface area contributed by atoms with Gasteiger partial charge in [0.25, 0.3) is 0 Å². The van der Waals surface area contributed by atoms with Crippen molar-refractivity contribution in [1.82, 2.24) is 19.4 Å². The quantitative estimate of drug-likeness (QED) is 0.593. The molecule has 4 heterocycles. The second kappa shape index (κ2) is 6.76. The van der Waals surface area contributed by atoms with Crippen LogP contribution in [-0.2, 0) is 0 Å². The summed E-state index contributed by atoms with van der Waals surface area (Å²) < 4.78 is 7.71. The van der Waals surface area contributed by atoms with E-state index in [0.717, 1.165) is 59.6 Å². The largest absolute Gasteiger partial charge is 0.480 e. The van der Waals surface area contributed by atoms with Gasteiger partial charge in [-0.2, -0.15) is 0 Å². The number of nitrogens with zero attached hydrogens (tertiary/aromatic N) is 5. The fourth-order valence-corrected chi connectivity index (χ4v) is 3.87. The Hall–Kier alpha value is -3.19. The number of hydrogen-bond donors (Lipinski definition) is 1. The van der Waals surface area contributed by atoms with Gasteiger partial charge >= 0.3 is 0 Å². The highest BCUT2D eigenvalue weighted by Gasteiger charge is 2.22. The zero-order valence-electron chi connectivity index (χ0n) is 15.6. The lowest BCUT2D eigenvalue weighted by atomic mass is 10.1. The summed E-state index contributed by atoms with van der Waals surface area (Å²) in [5.41, 5.74) is 3.46. The maximum atomic E-state index is 9.86. The first-order chi connectivity index (χ1) is 13.7. The molecule has 1 N–H and O–H groups in total. The fraction of sp³-hybridized carbons (Fsp3) is 0.286. The molecule has 142 valence electrons. The summed E-state index contributed by atoms with van der Waals surface area (Å²) >= 11 is 0. The van der Waals surface area contributed by atoms with E-state index in [1.165, 1.54) is 0 Å². The topological polar surface area (TPSA) is 75.8 Å². The lowest BCUT2D eigenvalue weighted by Gasteiger charge is -2.31. The molecular formula is C21H21N5O2. The third-order valence-corrected chi connectivity index (χ3v) is 5.34. The Labute approximate surface area is 162 Å². The normalized spacial score (nSPS) is 15.4. The Morgan fingerprint density at radius 1 is 1.11 bits per heavy atom. The molecular weight excluding hydrogens is 354 g/mol. The molecule has 0 saturated carbocycles. The van der Waals surface area contributed by atoms with Crippen molar-refractivity contribution in [3.8, 4) is 17.1 Å². The van der Waals surface area contributed by atoms with Gasteiger partial charge in [-0.05, 0) is 25.0 Å². The van der Waals surface area contributed by atoms with Crippen molar-refractivity contribution in [3.63, 3.8) is 0 Å². The molecule has 0 spiro atoms. The third-order valence-electron chi connectivity index (χ3n) is 5.34. The van der Waals surface area contributed by atoms with Crippen LogP contribution in [0.1, 0.15) is 12.8 Å². The van der Waals surface area contributed by atoms with E-state index in [9.17, 15) is 5.11 Å². The molecule has 0 radical (unpaired) electrons. The van der Waals surface area contributed by atoms with Crippen molar-refractivity contribution in [2.75, 3.05) is 25.1 Å². The smallest absolute Gasteiger partial charge is 0.223 e. The number of ether oxygens (including phenoxy) is 1. The molecule has 5 rings (SSSR count). The number of anilines is 1. The van der Waals surface area contributed by atoms with Gasteiger partial charge in [0.2, 0.25) is 5.88 Å². The van der Waals surface area contributed by atoms with Gasteiger partial charge in [-0.15, -0.1) is 0 Å². The highest BCUT2D eigenvalue weighted by molar-refractivity contribution is 5.86. The van der Waals surface area contributed by atoms with E-state index in [2.05, 4.69) is 30.3 Å². The summed E-state index contributed by atoms with van der Waals surface area (Å²) in [4.78, 5) is 15.9. The second-order valence-corrected chi connectivity index (χ2v) is 7.06. The molecule has 7 heteroatoms. The zero-order chi connectivity index (χ0) is 19.1. The minimum absolute atomic E-state index is 0.226. The maximum absolute atomic E-state index is 9.86. The minimum atomic E-state index is -0.226. The van der Waals surface area contributed by atoms with E-state index in [-0.39, 0.29) is 6.10 Å². The SMILES string of the molecule is COc1nc2ccccc2cc1-c1cnc2cncc(N3CCC(O)CC3)n12. The number of benzene rings is 1. The van der Waals surface area contributed by atoms with Gasteiger partial charge in [-0.3, -0.25) is 9.38 Å². The Kier molecular flexibility index (Phi) is 4.09. The summed E-state index contributed by atoms with van der Waals surface area (Å²) in [7, 11) is 1.64. The molecule has 7 nitrogen and oxygen atoms in total. The molecule has 0 bridgehead atoms. The number of fused-ring (bicyclic) bond motifs is 2. The first-order valence-corrected chi connectivity index (χ1v) is 9.43. The molecule has 1 aromatic carbocycles. The van der Waals surface area contributed by atoms with Crippen LogP contribution < -0.4 is 9.64 Å². The molecule has 0 aliphatic carbocycles. The molecule has 0 unspecified atom stereocenters. The highest BCUT2D eigenvalue weighted by Crippen LogP contribution is 2.34. The maximum Gasteiger partial charge on any atom is 0.223 e. The number of para-hydroxylation sites is 1. The van der Waals surface area contributed by atoms with Crippen LogP contribution in [-0.4, -0.2) is 50.8 Å². The average molecular weight is 375 g/mol. The summed E-state index contributed by atoms with van der Waals surface area (Å²) in [6.07, 6.45) is 6.73. The molecule has 4 aromatic rings. The number of aliphatic hydroxyl groups is 1. The number of pyridine rings is 1. The van der Waals surface area contributed by atoms with Gasteiger partial charge in [0.05, 0.1) is 48.6 Å². The molecule has 1 aliphatic rings. The molecule has 3 aromatic heterocycles. The van der Waals surface area contributed by atoms with Gasteiger partial charge in [-0.1, -0.05) is 18.2 Å². The summed E-state index contributed by atoms with van der Waals surface area (Å²) in [6, 6.07) is 10.1. The van der Waals surface area contributed by atoms with Crippen LogP contribution in [0.25, 0.3) is 27.8 Å². The first-order valence-electron chi connectivity index (χ1n) is 9.43. The second-order valence-electron chi connectivity index (χ2n) is 7.06. The van der Waals surface area contributed by atoms with E-state index in [1.54, 1.807) is 13.3 Å². The van der Waals surface area contributed by atoms with E-state index in [4.69, 9.17) is 4.74 Å². The minimum Gasteiger partial charge on any atom is -0.480 e. The van der Waals surface area contributed by atoms with Crippen molar-refractivity contribution >= 4 is 22.4 Å². The molecule has 0 atom stereocenters. The summed E-state index contributed by atoms with van der Waals surface area (Å²) in [6.45, 7) is 1.57. The monoisotopic (exact) mass is 375 g/mol. The van der Waals surface area contributed by atoms with E-state index < -0.39 is 0 Å². The lowest BCUT2D eigenvalue weighted by molar-refractivity contribution is 0.145. The van der Waals surface area contributed by atoms with E-state index >= 15 is 0 Å². The fourth-order valence-electron chi connectivity index (χ4n) is 3.87. The van der Waals surface area contributed by atoms with Crippen LogP contribution in [0, 0.1) is 0 Å². The summed E-state index contributed by atoms with van der Waals surface area (Å²) in [5, 5.41) is 10.9. The predicted octanol–water partition coefficient (Wildman–Crippen LogP) is 2.91. The molecule has 1 saturated heterocycles. The van der Waals surface area contributed by atoms with Crippen molar-refractivity contribution in [2.45, 2.75) is 18.9 Å². The predicted molar refractivity (Wildman–Crippen MR) is 108 cm³/mol. The number of hydrogen-bond acceptors (Lipinski definition) is 6. The van der Waals surface area contributed by atoms with Gasteiger partial charge in [0, 0.05) is 18.5 Å². The van der Waals surface area contributed by atoms with Crippen molar-refractivity contribution in [1.29, 1.82) is 0 Å². The lowest BCUT2D eigenvalue weighted by Crippen LogP contribution is -2.36. The van der Waals surface area contributed by atoms with Crippen LogP contribution in [0.15, 0.2) is 48.9 Å². The Morgan fingerprint density at radius 2 is 1.93 bits per heavy atom. The van der Waals surface area contributed by atoms with Crippen molar-refractivity contribution < 1.29 is 9.84 Å². The standard InChI is InChI=1S/C21H21N5O2/c1-28-21-16(10-14-4-2-3-5-17(14)24-21)18-11-23-19-12-22-13-20(26(18)19)25-8-6-15(27)7-9-25/h2-5,10-13,15,27H,6-9H2,1H3. The molecule has 1 fully saturated rings. The van der Waals surface area contributed by atoms with Crippen molar-refractivity contribution in [3.05, 3.63) is 48.9 Å².